The van der Waals surface area contributed by atoms with Crippen LogP contribution in [0.2, 0.25) is 5.02 Å². The fraction of sp³-hybridized carbons (Fsp3) is 0.310. The monoisotopic (exact) mass is 519 g/mol. The Labute approximate surface area is 223 Å². The predicted molar refractivity (Wildman–Crippen MR) is 155 cm³/mol. The average molecular weight is 520 g/mol. The van der Waals surface area contributed by atoms with Crippen LogP contribution in [-0.2, 0) is 0 Å². The molecule has 0 amide bonds. The van der Waals surface area contributed by atoms with Crippen LogP contribution in [-0.4, -0.2) is 23.6 Å². The molecular formula is C29H34ClN5S. The molecule has 0 atom stereocenters. The van der Waals surface area contributed by atoms with Gasteiger partial charge in [-0.05, 0) is 93.2 Å². The van der Waals surface area contributed by atoms with Gasteiger partial charge in [0.05, 0.1) is 5.52 Å². The van der Waals surface area contributed by atoms with Crippen LogP contribution in [0.4, 0.5) is 17.5 Å². The number of rotatable bonds is 7. The summed E-state index contributed by atoms with van der Waals surface area (Å²) in [6, 6.07) is 24.2. The molecule has 0 radical (unpaired) electrons. The van der Waals surface area contributed by atoms with Crippen LogP contribution >= 0.6 is 23.5 Å². The molecule has 5 rings (SSSR count). The lowest BCUT2D eigenvalue weighted by atomic mass is 9.89. The zero-order valence-electron chi connectivity index (χ0n) is 20.9. The van der Waals surface area contributed by atoms with Gasteiger partial charge in [-0.15, -0.1) is 0 Å². The van der Waals surface area contributed by atoms with Crippen molar-refractivity contribution < 1.29 is 0 Å². The number of hydrogen-bond acceptors (Lipinski definition) is 6. The second-order valence-corrected chi connectivity index (χ2v) is 10.6. The van der Waals surface area contributed by atoms with E-state index in [1.54, 1.807) is 11.9 Å². The highest BCUT2D eigenvalue weighted by atomic mass is 35.5. The molecule has 3 N–H and O–H groups in total. The molecule has 1 fully saturated rings. The highest BCUT2D eigenvalue weighted by Gasteiger charge is 2.14. The third-order valence-corrected chi connectivity index (χ3v) is 7.19. The molecule has 3 aromatic carbocycles. The highest BCUT2D eigenvalue weighted by Crippen LogP contribution is 2.27. The van der Waals surface area contributed by atoms with Gasteiger partial charge in [0.1, 0.15) is 5.82 Å². The Morgan fingerprint density at radius 3 is 2.33 bits per heavy atom. The second-order valence-electron chi connectivity index (χ2n) is 9.05. The first-order chi connectivity index (χ1) is 17.6. The number of aromatic nitrogens is 2. The first kappa shape index (κ1) is 26.3. The summed E-state index contributed by atoms with van der Waals surface area (Å²) in [4.78, 5) is 10.7. The van der Waals surface area contributed by atoms with Crippen molar-refractivity contribution in [1.29, 1.82) is 0 Å². The summed E-state index contributed by atoms with van der Waals surface area (Å²) in [6.45, 7) is 3.03. The molecule has 1 aliphatic carbocycles. The number of nitrogens with one attached hydrogen (secondary N) is 3. The molecule has 1 heterocycles. The lowest BCUT2D eigenvalue weighted by Crippen LogP contribution is -2.18. The number of anilines is 3. The number of benzene rings is 3. The highest BCUT2D eigenvalue weighted by molar-refractivity contribution is 7.97. The molecule has 188 valence electrons. The fourth-order valence-electron chi connectivity index (χ4n) is 4.27. The van der Waals surface area contributed by atoms with Gasteiger partial charge in [-0.3, -0.25) is 4.72 Å². The van der Waals surface area contributed by atoms with Crippen molar-refractivity contribution in [2.24, 2.45) is 5.92 Å². The van der Waals surface area contributed by atoms with E-state index in [-0.39, 0.29) is 0 Å². The van der Waals surface area contributed by atoms with E-state index in [2.05, 4.69) is 46.5 Å². The summed E-state index contributed by atoms with van der Waals surface area (Å²) >= 11 is 7.62. The SMILES string of the molecule is CNSc1ccc(C)cc1.Clc1ccc(Nc2nc(NCC3CCCCC3)nc3ccccc23)cc1. The molecule has 0 aliphatic heterocycles. The molecule has 0 unspecified atom stereocenters. The van der Waals surface area contributed by atoms with E-state index in [0.717, 1.165) is 39.9 Å². The molecule has 4 aromatic rings. The first-order valence-electron chi connectivity index (χ1n) is 12.5. The summed E-state index contributed by atoms with van der Waals surface area (Å²) in [5.74, 6) is 2.22. The van der Waals surface area contributed by atoms with Gasteiger partial charge in [-0.25, -0.2) is 4.98 Å². The van der Waals surface area contributed by atoms with Crippen molar-refractivity contribution >= 4 is 51.9 Å². The minimum Gasteiger partial charge on any atom is -0.354 e. The number of aryl methyl sites for hydroxylation is 1. The smallest absolute Gasteiger partial charge is 0.225 e. The van der Waals surface area contributed by atoms with Crippen molar-refractivity contribution in [1.82, 2.24) is 14.7 Å². The lowest BCUT2D eigenvalue weighted by Gasteiger charge is -2.22. The largest absolute Gasteiger partial charge is 0.354 e. The number of halogens is 1. The minimum atomic E-state index is 0.686. The Balaban J connectivity index is 0.000000256. The molecule has 0 bridgehead atoms. The fourth-order valence-corrected chi connectivity index (χ4v) is 4.91. The van der Waals surface area contributed by atoms with Crippen molar-refractivity contribution in [3.63, 3.8) is 0 Å². The van der Waals surface area contributed by atoms with Crippen LogP contribution in [0.15, 0.2) is 77.7 Å². The summed E-state index contributed by atoms with van der Waals surface area (Å²) in [7, 11) is 1.92. The van der Waals surface area contributed by atoms with E-state index in [4.69, 9.17) is 21.6 Å². The van der Waals surface area contributed by atoms with Gasteiger partial charge in [0.25, 0.3) is 0 Å². The van der Waals surface area contributed by atoms with Crippen molar-refractivity contribution in [3.8, 4) is 0 Å². The summed E-state index contributed by atoms with van der Waals surface area (Å²) in [5.41, 5.74) is 3.20. The van der Waals surface area contributed by atoms with E-state index in [9.17, 15) is 0 Å². The van der Waals surface area contributed by atoms with E-state index in [0.29, 0.717) is 5.95 Å². The zero-order chi connectivity index (χ0) is 25.2. The third-order valence-electron chi connectivity index (χ3n) is 6.22. The van der Waals surface area contributed by atoms with Crippen LogP contribution in [0.5, 0.6) is 0 Å². The number of hydrogen-bond donors (Lipinski definition) is 3. The maximum atomic E-state index is 5.99. The predicted octanol–water partition coefficient (Wildman–Crippen LogP) is 8.24. The Kier molecular flexibility index (Phi) is 9.84. The van der Waals surface area contributed by atoms with Crippen LogP contribution in [0.3, 0.4) is 0 Å². The van der Waals surface area contributed by atoms with E-state index < -0.39 is 0 Å². The average Bonchev–Trinajstić information content (AvgIpc) is 2.91. The van der Waals surface area contributed by atoms with Crippen LogP contribution in [0.1, 0.15) is 37.7 Å². The number of fused-ring (bicyclic) bond motifs is 1. The van der Waals surface area contributed by atoms with Gasteiger partial charge in [-0.1, -0.05) is 60.7 Å². The lowest BCUT2D eigenvalue weighted by molar-refractivity contribution is 0.373. The normalized spacial score (nSPS) is 13.6. The summed E-state index contributed by atoms with van der Waals surface area (Å²) < 4.78 is 3.02. The Hall–Kier alpha value is -2.80. The van der Waals surface area contributed by atoms with Gasteiger partial charge in [0.15, 0.2) is 0 Å². The molecule has 0 spiro atoms. The molecule has 1 saturated carbocycles. The first-order valence-corrected chi connectivity index (χ1v) is 13.7. The zero-order valence-corrected chi connectivity index (χ0v) is 22.5. The van der Waals surface area contributed by atoms with E-state index in [1.165, 1.54) is 42.6 Å². The van der Waals surface area contributed by atoms with Crippen LogP contribution in [0.25, 0.3) is 10.9 Å². The van der Waals surface area contributed by atoms with Crippen LogP contribution in [0, 0.1) is 12.8 Å². The van der Waals surface area contributed by atoms with Gasteiger partial charge >= 0.3 is 0 Å². The Bertz CT molecular complexity index is 1220. The third kappa shape index (κ3) is 7.85. The minimum absolute atomic E-state index is 0.686. The van der Waals surface area contributed by atoms with Crippen molar-refractivity contribution in [2.45, 2.75) is 43.9 Å². The molecule has 0 saturated heterocycles. The molecule has 7 heteroatoms. The molecular weight excluding hydrogens is 486 g/mol. The van der Waals surface area contributed by atoms with Crippen LogP contribution < -0.4 is 15.4 Å². The van der Waals surface area contributed by atoms with Gasteiger partial charge < -0.3 is 10.6 Å². The second kappa shape index (κ2) is 13.5. The van der Waals surface area contributed by atoms with E-state index in [1.807, 2.05) is 55.6 Å². The van der Waals surface area contributed by atoms with E-state index >= 15 is 0 Å². The number of para-hydroxylation sites is 1. The maximum Gasteiger partial charge on any atom is 0.225 e. The molecule has 1 aliphatic rings. The Morgan fingerprint density at radius 2 is 1.61 bits per heavy atom. The summed E-state index contributed by atoms with van der Waals surface area (Å²) in [6.07, 6.45) is 6.66. The summed E-state index contributed by atoms with van der Waals surface area (Å²) in [5, 5.41) is 8.59. The molecule has 1 aromatic heterocycles. The number of nitrogens with zero attached hydrogens (tertiary/aromatic N) is 2. The van der Waals surface area contributed by atoms with Gasteiger partial charge in [0, 0.05) is 27.5 Å². The quantitative estimate of drug-likeness (QED) is 0.214. The maximum absolute atomic E-state index is 5.99. The topological polar surface area (TPSA) is 61.9 Å². The standard InChI is InChI=1S/C21H23ClN4.C8H11NS/c22-16-10-12-17(13-11-16)24-20-18-8-4-5-9-19(18)25-21(26-20)23-14-15-6-2-1-3-7-15;1-7-3-5-8(6-4-7)10-9-2/h4-5,8-13,15H,1-3,6-7,14H2,(H2,23,24,25,26);3-6,9H,1-2H3. The molecule has 5 nitrogen and oxygen atoms in total. The van der Waals surface area contributed by atoms with Crippen molar-refractivity contribution in [3.05, 3.63) is 83.4 Å². The van der Waals surface area contributed by atoms with Crippen molar-refractivity contribution in [2.75, 3.05) is 24.2 Å². The van der Waals surface area contributed by atoms with Gasteiger partial charge in [-0.2, -0.15) is 4.98 Å². The molecule has 36 heavy (non-hydrogen) atoms. The Morgan fingerprint density at radius 1 is 0.889 bits per heavy atom. The van der Waals surface area contributed by atoms with Gasteiger partial charge in [0.2, 0.25) is 5.95 Å².